The first-order valence-electron chi connectivity index (χ1n) is 3.58. The van der Waals surface area contributed by atoms with Crippen molar-refractivity contribution in [2.75, 3.05) is 0 Å². The summed E-state index contributed by atoms with van der Waals surface area (Å²) in [7, 11) is 0. The van der Waals surface area contributed by atoms with Gasteiger partial charge in [-0.1, -0.05) is 26.5 Å². The Bertz CT molecular complexity index is 116. The van der Waals surface area contributed by atoms with Crippen LogP contribution in [0.5, 0.6) is 0 Å². The number of hydrogen-bond acceptors (Lipinski definition) is 1. The summed E-state index contributed by atoms with van der Waals surface area (Å²) in [5.41, 5.74) is 0. The van der Waals surface area contributed by atoms with E-state index in [1.54, 1.807) is 12.4 Å². The second-order valence-electron chi connectivity index (χ2n) is 2.76. The minimum Gasteiger partial charge on any atom is -0.358 e. The van der Waals surface area contributed by atoms with E-state index in [1.165, 1.54) is 0 Å². The van der Waals surface area contributed by atoms with E-state index in [4.69, 9.17) is 0 Å². The van der Waals surface area contributed by atoms with Crippen LogP contribution in [0.2, 0.25) is 20.5 Å². The molecule has 0 unspecified atom stereocenters. The van der Waals surface area contributed by atoms with Gasteiger partial charge in [-0.05, 0) is 12.1 Å². The first kappa shape index (κ1) is 44.6. The number of rotatable bonds is 0. The second-order valence-corrected chi connectivity index (χ2v) is 2.76. The third-order valence-electron chi connectivity index (χ3n) is 0.566. The molecule has 3 heteroatoms. The van der Waals surface area contributed by atoms with Crippen molar-refractivity contribution in [1.29, 1.82) is 0 Å². The predicted octanol–water partition coefficient (Wildman–Crippen LogP) is 4.70. The molecule has 97 valence electrons. The van der Waals surface area contributed by atoms with Crippen molar-refractivity contribution in [1.82, 2.24) is 4.98 Å². The van der Waals surface area contributed by atoms with E-state index in [-0.39, 0.29) is 56.9 Å². The van der Waals surface area contributed by atoms with E-state index in [9.17, 15) is 0 Å². The Kier molecular flexibility index (Phi) is 101. The van der Waals surface area contributed by atoms with E-state index in [0.29, 0.717) is 0 Å². The Morgan fingerprint density at radius 1 is 0.688 bits per heavy atom. The minimum absolute atomic E-state index is 0. The molecule has 0 amide bonds. The zero-order chi connectivity index (χ0) is 7.82. The van der Waals surface area contributed by atoms with Gasteiger partial charge in [0.2, 0.25) is 0 Å². The van der Waals surface area contributed by atoms with Gasteiger partial charge in [-0.15, -0.1) is 0 Å². The Hall–Kier alpha value is -0.149. The average molecular weight is 400 g/mol. The molecule has 0 bridgehead atoms. The summed E-state index contributed by atoms with van der Waals surface area (Å²) in [4.78, 5) is 3.78. The number of pyridine rings is 1. The fourth-order valence-electron chi connectivity index (χ4n) is 0.313. The molecule has 0 N–H and O–H groups in total. The zero-order valence-electron chi connectivity index (χ0n) is 12.3. The molecule has 16 heavy (non-hydrogen) atoms. The molecular weight excluding hydrogens is 371 g/mol. The number of aromatic nitrogens is 1. The fourth-order valence-corrected chi connectivity index (χ4v) is 0.313. The third kappa shape index (κ3) is 66.8. The molecule has 0 spiro atoms. The van der Waals surface area contributed by atoms with Crippen molar-refractivity contribution >= 4 is 6.71 Å². The van der Waals surface area contributed by atoms with Gasteiger partial charge in [0.15, 0.2) is 0 Å². The van der Waals surface area contributed by atoms with Crippen molar-refractivity contribution in [3.63, 3.8) is 0 Å². The molecule has 0 fully saturated rings. The third-order valence-corrected chi connectivity index (χ3v) is 0.566. The van der Waals surface area contributed by atoms with Crippen LogP contribution >= 0.6 is 0 Å². The van der Waals surface area contributed by atoms with Crippen molar-refractivity contribution < 1.29 is 19.8 Å². The largest absolute Gasteiger partial charge is 5.00 e. The molecule has 1 nitrogen and oxygen atoms in total. The number of hydrogen-bond donors (Lipinski definition) is 0. The van der Waals surface area contributed by atoms with Crippen LogP contribution in [0.1, 0.15) is 0 Å². The van der Waals surface area contributed by atoms with E-state index < -0.39 is 0 Å². The van der Waals surface area contributed by atoms with Crippen LogP contribution in [-0.2, 0) is 19.8 Å². The van der Waals surface area contributed by atoms with Crippen molar-refractivity contribution in [3.05, 3.63) is 67.7 Å². The van der Waals surface area contributed by atoms with Crippen LogP contribution in [0.25, 0.3) is 0 Å². The summed E-state index contributed by atoms with van der Waals surface area (Å²) in [6.45, 7) is 7.33. The van der Waals surface area contributed by atoms with Gasteiger partial charge in [0.1, 0.15) is 6.71 Å². The summed E-state index contributed by atoms with van der Waals surface area (Å²) in [6, 6.07) is 5.72. The van der Waals surface area contributed by atoms with Crippen LogP contribution < -0.4 is 0 Å². The van der Waals surface area contributed by atoms with E-state index in [1.807, 2.05) is 18.2 Å². The average Bonchev–Trinajstić information content (AvgIpc) is 1.90. The molecule has 1 heterocycles. The maximum absolute atomic E-state index is 3.78. The van der Waals surface area contributed by atoms with Gasteiger partial charge in [0.05, 0.1) is 0 Å². The molecule has 1 radical (unpaired) electrons. The molecule has 0 aromatic carbocycles. The van der Waals surface area contributed by atoms with Gasteiger partial charge in [-0.2, -0.15) is 0 Å². The Balaban J connectivity index is -0.0000000153. The predicted molar refractivity (Wildman–Crippen MR) is 79.7 cm³/mol. The van der Waals surface area contributed by atoms with Crippen LogP contribution in [0.4, 0.5) is 0 Å². The van der Waals surface area contributed by atoms with Gasteiger partial charge < -0.3 is 37.1 Å². The summed E-state index contributed by atoms with van der Waals surface area (Å²) in [6.07, 6.45) is 3.50. The molecule has 0 aliphatic heterocycles. The van der Waals surface area contributed by atoms with Gasteiger partial charge in [0, 0.05) is 12.4 Å². The monoisotopic (exact) mass is 402 g/mol. The topological polar surface area (TPSA) is 12.9 Å². The summed E-state index contributed by atoms with van der Waals surface area (Å²) < 4.78 is 0. The minimum atomic E-state index is 0. The van der Waals surface area contributed by atoms with E-state index >= 15 is 0 Å². The zero-order valence-corrected chi connectivity index (χ0v) is 14.8. The summed E-state index contributed by atoms with van der Waals surface area (Å²) in [5, 5.41) is 0. The van der Waals surface area contributed by atoms with Crippen LogP contribution in [-0.4, -0.2) is 11.7 Å². The molecule has 0 aliphatic carbocycles. The first-order valence-corrected chi connectivity index (χ1v) is 3.58. The van der Waals surface area contributed by atoms with Gasteiger partial charge >= 0.3 is 19.8 Å². The van der Waals surface area contributed by atoms with Crippen molar-refractivity contribution in [3.8, 4) is 0 Å². The number of nitrogens with zero attached hydrogens (tertiary/aromatic N) is 1. The van der Waals surface area contributed by atoms with Gasteiger partial charge in [-0.3, -0.25) is 4.98 Å². The Morgan fingerprint density at radius 2 is 0.938 bits per heavy atom. The van der Waals surface area contributed by atoms with Crippen LogP contribution in [0.3, 0.4) is 0 Å². The first-order chi connectivity index (χ1) is 4.73. The van der Waals surface area contributed by atoms with E-state index in [0.717, 1.165) is 6.71 Å². The second kappa shape index (κ2) is 36.4. The van der Waals surface area contributed by atoms with Gasteiger partial charge in [0.25, 0.3) is 0 Å². The fraction of sp³-hybridized carbons (Fsp3) is 0.231. The normalized spacial score (nSPS) is 4.69. The maximum Gasteiger partial charge on any atom is 5.00 e. The molecule has 0 atom stereocenters. The van der Waals surface area contributed by atoms with Crippen molar-refractivity contribution in [2.24, 2.45) is 0 Å². The Morgan fingerprint density at radius 3 is 1.00 bits per heavy atom. The maximum atomic E-state index is 3.78. The Labute approximate surface area is 120 Å². The summed E-state index contributed by atoms with van der Waals surface area (Å²) in [5.74, 6) is 0. The molecule has 0 saturated heterocycles. The molecule has 0 aliphatic rings. The van der Waals surface area contributed by atoms with Crippen molar-refractivity contribution in [2.45, 2.75) is 20.5 Å². The van der Waals surface area contributed by atoms with E-state index in [2.05, 4.69) is 25.5 Å². The summed E-state index contributed by atoms with van der Waals surface area (Å²) >= 11 is 0. The van der Waals surface area contributed by atoms with Gasteiger partial charge in [-0.25, -0.2) is 0 Å². The quantitative estimate of drug-likeness (QED) is 0.454. The molecule has 1 aromatic rings. The molecular formula is C13H29BNOs. The molecule has 1 rings (SSSR count). The van der Waals surface area contributed by atoms with Crippen LogP contribution in [0.15, 0.2) is 30.6 Å². The molecule has 1 aromatic heterocycles. The SMILES string of the molecule is CB(C)C.[CH3-].[CH3-].[CH3-].[CH3-].[CH3-].[Os+5].c1ccncc1. The van der Waals surface area contributed by atoms with Crippen LogP contribution in [0, 0.1) is 37.1 Å². The molecule has 0 saturated carbocycles. The smallest absolute Gasteiger partial charge is 0.358 e. The standard InChI is InChI=1S/C5H5N.C3H9B.5CH3.Os/c1-2-4-6-5-3-1;1-4(2)3;;;;;;/h1-5H;1-3H3;5*1H3;/q;;5*-1;+5.